The van der Waals surface area contributed by atoms with Crippen LogP contribution in [0.25, 0.3) is 0 Å². The van der Waals surface area contributed by atoms with Gasteiger partial charge in [0, 0.05) is 6.54 Å². The van der Waals surface area contributed by atoms with Gasteiger partial charge in [-0.3, -0.25) is 4.79 Å². The van der Waals surface area contributed by atoms with Crippen molar-refractivity contribution in [2.45, 2.75) is 13.3 Å². The number of hydrogen-bond acceptors (Lipinski definition) is 6. The first-order valence-electron chi connectivity index (χ1n) is 7.04. The Morgan fingerprint density at radius 1 is 1.30 bits per heavy atom. The lowest BCUT2D eigenvalue weighted by molar-refractivity contribution is 0.354. The minimum atomic E-state index is -0.436. The number of anilines is 1. The van der Waals surface area contributed by atoms with Crippen LogP contribution in [-0.2, 0) is 6.42 Å². The summed E-state index contributed by atoms with van der Waals surface area (Å²) < 4.78 is 10.5. The lowest BCUT2D eigenvalue weighted by Crippen LogP contribution is -2.18. The number of methoxy groups -OCH3 is 2. The molecule has 0 bridgehead atoms. The molecule has 0 fully saturated rings. The Hall–Kier alpha value is -3.01. The fraction of sp³-hybridized carbons (Fsp3) is 0.312. The van der Waals surface area contributed by atoms with Crippen LogP contribution in [0.15, 0.2) is 23.0 Å². The molecule has 0 saturated carbocycles. The predicted octanol–water partition coefficient (Wildman–Crippen LogP) is 1.62. The van der Waals surface area contributed by atoms with Crippen molar-refractivity contribution < 1.29 is 9.47 Å². The van der Waals surface area contributed by atoms with Crippen molar-refractivity contribution in [3.8, 4) is 17.6 Å². The van der Waals surface area contributed by atoms with Gasteiger partial charge in [0.2, 0.25) is 0 Å². The zero-order chi connectivity index (χ0) is 16.8. The number of H-pyrrole nitrogens is 1. The highest BCUT2D eigenvalue weighted by Gasteiger charge is 2.09. The van der Waals surface area contributed by atoms with Gasteiger partial charge in [-0.1, -0.05) is 6.07 Å². The molecule has 0 aliphatic heterocycles. The molecular weight excluding hydrogens is 296 g/mol. The SMILES string of the molecule is COc1ccc(CCNc2nc(C)[nH]c(=O)c2C#N)cc1OC. The van der Waals surface area contributed by atoms with Crippen molar-refractivity contribution in [3.63, 3.8) is 0 Å². The standard InChI is InChI=1S/C16H18N4O3/c1-10-19-15(12(9-17)16(21)20-10)18-7-6-11-4-5-13(22-2)14(8-11)23-3/h4-5,8H,6-7H2,1-3H3,(H2,18,19,20,21). The molecule has 0 saturated heterocycles. The van der Waals surface area contributed by atoms with Gasteiger partial charge < -0.3 is 19.8 Å². The zero-order valence-corrected chi connectivity index (χ0v) is 13.3. The van der Waals surface area contributed by atoms with E-state index in [4.69, 9.17) is 14.7 Å². The van der Waals surface area contributed by atoms with Gasteiger partial charge in [0.15, 0.2) is 22.9 Å². The molecule has 2 aromatic rings. The first kappa shape index (κ1) is 16.4. The fourth-order valence-corrected chi connectivity index (χ4v) is 2.18. The molecular formula is C16H18N4O3. The normalized spacial score (nSPS) is 10.0. The number of nitriles is 1. The summed E-state index contributed by atoms with van der Waals surface area (Å²) >= 11 is 0. The molecule has 0 radical (unpaired) electrons. The maximum Gasteiger partial charge on any atom is 0.271 e. The van der Waals surface area contributed by atoms with Crippen LogP contribution in [0.3, 0.4) is 0 Å². The number of aromatic amines is 1. The topological polar surface area (TPSA) is 100 Å². The van der Waals surface area contributed by atoms with Crippen molar-refractivity contribution >= 4 is 5.82 Å². The number of ether oxygens (including phenoxy) is 2. The highest BCUT2D eigenvalue weighted by Crippen LogP contribution is 2.27. The number of hydrogen-bond donors (Lipinski definition) is 2. The summed E-state index contributed by atoms with van der Waals surface area (Å²) in [5.74, 6) is 2.09. The van der Waals surface area contributed by atoms with E-state index in [1.54, 1.807) is 21.1 Å². The highest BCUT2D eigenvalue weighted by molar-refractivity contribution is 5.50. The van der Waals surface area contributed by atoms with Crippen LogP contribution in [0, 0.1) is 18.3 Å². The van der Waals surface area contributed by atoms with Gasteiger partial charge in [-0.05, 0) is 31.0 Å². The smallest absolute Gasteiger partial charge is 0.271 e. The highest BCUT2D eigenvalue weighted by atomic mass is 16.5. The van der Waals surface area contributed by atoms with E-state index in [0.29, 0.717) is 36.1 Å². The van der Waals surface area contributed by atoms with Crippen LogP contribution in [-0.4, -0.2) is 30.7 Å². The molecule has 0 aliphatic carbocycles. The van der Waals surface area contributed by atoms with Crippen LogP contribution in [0.4, 0.5) is 5.82 Å². The number of nitrogens with one attached hydrogen (secondary N) is 2. The van der Waals surface area contributed by atoms with Crippen molar-refractivity contribution in [1.29, 1.82) is 5.26 Å². The third-order valence-electron chi connectivity index (χ3n) is 3.30. The minimum Gasteiger partial charge on any atom is -0.493 e. The van der Waals surface area contributed by atoms with Gasteiger partial charge in [-0.25, -0.2) is 4.98 Å². The number of aromatic nitrogens is 2. The van der Waals surface area contributed by atoms with Crippen LogP contribution < -0.4 is 20.3 Å². The van der Waals surface area contributed by atoms with Crippen LogP contribution in [0.2, 0.25) is 0 Å². The van der Waals surface area contributed by atoms with Gasteiger partial charge in [-0.15, -0.1) is 0 Å². The van der Waals surface area contributed by atoms with E-state index < -0.39 is 5.56 Å². The first-order chi connectivity index (χ1) is 11.1. The predicted molar refractivity (Wildman–Crippen MR) is 86.0 cm³/mol. The number of nitrogens with zero attached hydrogens (tertiary/aromatic N) is 2. The van der Waals surface area contributed by atoms with E-state index in [1.807, 2.05) is 24.3 Å². The maximum atomic E-state index is 11.7. The Morgan fingerprint density at radius 2 is 2.04 bits per heavy atom. The molecule has 0 amide bonds. The van der Waals surface area contributed by atoms with Gasteiger partial charge in [0.25, 0.3) is 5.56 Å². The van der Waals surface area contributed by atoms with Gasteiger partial charge in [0.1, 0.15) is 11.9 Å². The summed E-state index contributed by atoms with van der Waals surface area (Å²) in [4.78, 5) is 18.4. The van der Waals surface area contributed by atoms with Crippen molar-refractivity contribution in [2.75, 3.05) is 26.1 Å². The quantitative estimate of drug-likeness (QED) is 0.840. The summed E-state index contributed by atoms with van der Waals surface area (Å²) in [7, 11) is 3.17. The lowest BCUT2D eigenvalue weighted by Gasteiger charge is -2.11. The average Bonchev–Trinajstić information content (AvgIpc) is 2.54. The molecule has 23 heavy (non-hydrogen) atoms. The molecule has 0 unspecified atom stereocenters. The van der Waals surface area contributed by atoms with Gasteiger partial charge in [-0.2, -0.15) is 5.26 Å². The van der Waals surface area contributed by atoms with Crippen molar-refractivity contribution in [1.82, 2.24) is 9.97 Å². The Balaban J connectivity index is 2.09. The second kappa shape index (κ2) is 7.31. The van der Waals surface area contributed by atoms with Crippen LogP contribution >= 0.6 is 0 Å². The van der Waals surface area contributed by atoms with E-state index in [2.05, 4.69) is 15.3 Å². The monoisotopic (exact) mass is 314 g/mol. The van der Waals surface area contributed by atoms with Crippen molar-refractivity contribution in [2.24, 2.45) is 0 Å². The molecule has 1 aromatic carbocycles. The average molecular weight is 314 g/mol. The molecule has 7 nitrogen and oxygen atoms in total. The molecule has 0 atom stereocenters. The molecule has 1 aromatic heterocycles. The molecule has 7 heteroatoms. The van der Waals surface area contributed by atoms with Crippen LogP contribution in [0.1, 0.15) is 17.0 Å². The number of benzene rings is 1. The summed E-state index contributed by atoms with van der Waals surface area (Å²) in [6.45, 7) is 2.20. The first-order valence-corrected chi connectivity index (χ1v) is 7.04. The third kappa shape index (κ3) is 3.80. The fourth-order valence-electron chi connectivity index (χ4n) is 2.18. The molecule has 2 N–H and O–H groups in total. The minimum absolute atomic E-state index is 0.0112. The Labute approximate surface area is 133 Å². The summed E-state index contributed by atoms with van der Waals surface area (Å²) in [6.07, 6.45) is 0.679. The number of aryl methyl sites for hydroxylation is 1. The second-order valence-corrected chi connectivity index (χ2v) is 4.85. The lowest BCUT2D eigenvalue weighted by atomic mass is 10.1. The zero-order valence-electron chi connectivity index (χ0n) is 13.3. The maximum absolute atomic E-state index is 11.7. The Kier molecular flexibility index (Phi) is 5.20. The van der Waals surface area contributed by atoms with Crippen molar-refractivity contribution in [3.05, 3.63) is 45.5 Å². The molecule has 1 heterocycles. The molecule has 0 spiro atoms. The van der Waals surface area contributed by atoms with Gasteiger partial charge in [0.05, 0.1) is 14.2 Å². The largest absolute Gasteiger partial charge is 0.493 e. The summed E-state index contributed by atoms with van der Waals surface area (Å²) in [6, 6.07) is 7.53. The molecule has 2 rings (SSSR count). The van der Waals surface area contributed by atoms with Crippen LogP contribution in [0.5, 0.6) is 11.5 Å². The van der Waals surface area contributed by atoms with E-state index in [1.165, 1.54) is 0 Å². The summed E-state index contributed by atoms with van der Waals surface area (Å²) in [5, 5.41) is 12.1. The molecule has 0 aliphatic rings. The number of rotatable bonds is 6. The second-order valence-electron chi connectivity index (χ2n) is 4.85. The molecule has 120 valence electrons. The van der Waals surface area contributed by atoms with E-state index in [0.717, 1.165) is 5.56 Å². The van der Waals surface area contributed by atoms with E-state index in [9.17, 15) is 4.79 Å². The van der Waals surface area contributed by atoms with Gasteiger partial charge >= 0.3 is 0 Å². The summed E-state index contributed by atoms with van der Waals surface area (Å²) in [5.41, 5.74) is 0.590. The Bertz CT molecular complexity index is 793. The third-order valence-corrected chi connectivity index (χ3v) is 3.30. The van der Waals surface area contributed by atoms with E-state index >= 15 is 0 Å². The Morgan fingerprint density at radius 3 is 2.70 bits per heavy atom. The van der Waals surface area contributed by atoms with E-state index in [-0.39, 0.29) is 5.56 Å².